The number of hydrogen-bond acceptors (Lipinski definition) is 8. The second kappa shape index (κ2) is 10.2. The van der Waals surface area contributed by atoms with Gasteiger partial charge in [-0.1, -0.05) is 53.4 Å². The van der Waals surface area contributed by atoms with Crippen molar-refractivity contribution in [2.45, 2.75) is 23.1 Å². The minimum absolute atomic E-state index is 0.236. The van der Waals surface area contributed by atoms with Crippen LogP contribution in [-0.2, 0) is 14.3 Å². The van der Waals surface area contributed by atoms with Crippen LogP contribution in [0.1, 0.15) is 33.6 Å². The zero-order valence-electron chi connectivity index (χ0n) is 20.7. The van der Waals surface area contributed by atoms with E-state index in [4.69, 9.17) is 9.47 Å². The van der Waals surface area contributed by atoms with Crippen LogP contribution in [0, 0.1) is 5.92 Å². The fourth-order valence-corrected chi connectivity index (χ4v) is 7.50. The molecule has 0 unspecified atom stereocenters. The Kier molecular flexibility index (Phi) is 6.58. The first-order valence-electron chi connectivity index (χ1n) is 12.3. The van der Waals surface area contributed by atoms with Crippen LogP contribution in [0.2, 0.25) is 0 Å². The summed E-state index contributed by atoms with van der Waals surface area (Å²) < 4.78 is 11.1. The minimum atomic E-state index is -0.724. The number of carbonyl (C=O) groups is 3. The summed E-state index contributed by atoms with van der Waals surface area (Å²) in [6.07, 6.45) is 0. The Hall–Kier alpha value is -4.15. The van der Waals surface area contributed by atoms with Crippen molar-refractivity contribution in [3.8, 4) is 11.5 Å². The number of thioether (sulfide) groups is 1. The minimum Gasteiger partial charge on any atom is -0.462 e. The number of H-pyrrole nitrogens is 1. The number of aromatic amines is 1. The van der Waals surface area contributed by atoms with Gasteiger partial charge in [-0.25, -0.2) is 9.69 Å². The number of amides is 2. The molecule has 4 aromatic rings. The Balaban J connectivity index is 1.37. The molecule has 6 rings (SSSR count). The van der Waals surface area contributed by atoms with E-state index in [0.717, 1.165) is 21.8 Å². The maximum absolute atomic E-state index is 13.9. The van der Waals surface area contributed by atoms with E-state index in [9.17, 15) is 19.2 Å². The molecule has 8 nitrogen and oxygen atoms in total. The number of nitrogens with zero attached hydrogens (tertiary/aromatic N) is 1. The normalized spacial score (nSPS) is 19.9. The van der Waals surface area contributed by atoms with Gasteiger partial charge < -0.3 is 14.5 Å². The Labute approximate surface area is 231 Å². The Morgan fingerprint density at radius 3 is 2.41 bits per heavy atom. The summed E-state index contributed by atoms with van der Waals surface area (Å²) in [5.41, 5.74) is 1.49. The van der Waals surface area contributed by atoms with Gasteiger partial charge in [0.05, 0.1) is 28.8 Å². The number of rotatable bonds is 6. The molecular weight excluding hydrogens is 536 g/mol. The molecule has 1 N–H and O–H groups in total. The van der Waals surface area contributed by atoms with Crippen LogP contribution in [0.15, 0.2) is 88.7 Å². The molecule has 0 saturated carbocycles. The standard InChI is InChI=1S/C29H22N2O6S2/c1-2-36-28(34)16-11-13-18(14-12-16)31-26(32)22-21(23-25(30-29(35)39-23)38-24(22)27(31)33)17-7-6-10-20(15-17)37-19-8-4-3-5-9-19/h3-15,21-22,24H,2H2,1H3,(H,30,35)/t21-,22-,24+/m0/s1. The van der Waals surface area contributed by atoms with E-state index in [0.29, 0.717) is 27.8 Å². The average molecular weight is 559 g/mol. The number of fused-ring (bicyclic) bond motifs is 2. The molecule has 0 radical (unpaired) electrons. The van der Waals surface area contributed by atoms with E-state index in [2.05, 4.69) is 4.98 Å². The molecule has 2 amide bonds. The van der Waals surface area contributed by atoms with Gasteiger partial charge in [0.1, 0.15) is 16.7 Å². The molecular formula is C29H22N2O6S2. The molecule has 39 heavy (non-hydrogen) atoms. The lowest BCUT2D eigenvalue weighted by Gasteiger charge is -2.30. The number of nitrogens with one attached hydrogen (secondary N) is 1. The predicted molar refractivity (Wildman–Crippen MR) is 148 cm³/mol. The first-order chi connectivity index (χ1) is 18.9. The predicted octanol–water partition coefficient (Wildman–Crippen LogP) is 5.20. The highest BCUT2D eigenvalue weighted by Crippen LogP contribution is 2.53. The maximum atomic E-state index is 13.9. The summed E-state index contributed by atoms with van der Waals surface area (Å²) in [7, 11) is 0. The van der Waals surface area contributed by atoms with Crippen molar-refractivity contribution < 1.29 is 23.9 Å². The number of carbonyl (C=O) groups excluding carboxylic acids is 3. The van der Waals surface area contributed by atoms with Crippen molar-refractivity contribution >= 4 is 46.6 Å². The fraction of sp³-hybridized carbons (Fsp3) is 0.172. The van der Waals surface area contributed by atoms with Crippen molar-refractivity contribution in [2.75, 3.05) is 11.5 Å². The SMILES string of the molecule is CCOC(=O)c1ccc(N2C(=O)[C@H]3[C@H](c4cccc(Oc5ccccc5)c4)c4sc(=O)[nH]c4S[C@H]3C2=O)cc1. The largest absolute Gasteiger partial charge is 0.462 e. The molecule has 1 saturated heterocycles. The summed E-state index contributed by atoms with van der Waals surface area (Å²) in [5.74, 6) is -1.18. The smallest absolute Gasteiger partial charge is 0.338 e. The van der Waals surface area contributed by atoms with Crippen molar-refractivity contribution in [3.05, 3.63) is 105 Å². The third-order valence-corrected chi connectivity index (χ3v) is 9.06. The number of imide groups is 1. The van der Waals surface area contributed by atoms with Crippen molar-refractivity contribution in [1.82, 2.24) is 4.98 Å². The molecule has 2 aliphatic rings. The van der Waals surface area contributed by atoms with Gasteiger partial charge in [0.2, 0.25) is 11.8 Å². The molecule has 0 aliphatic carbocycles. The lowest BCUT2D eigenvalue weighted by molar-refractivity contribution is -0.122. The van der Waals surface area contributed by atoms with Gasteiger partial charge in [-0.05, 0) is 61.0 Å². The topological polar surface area (TPSA) is 106 Å². The maximum Gasteiger partial charge on any atom is 0.338 e. The molecule has 3 atom stereocenters. The molecule has 0 bridgehead atoms. The molecule has 3 aromatic carbocycles. The second-order valence-electron chi connectivity index (χ2n) is 9.02. The Morgan fingerprint density at radius 1 is 0.923 bits per heavy atom. The van der Waals surface area contributed by atoms with Crippen LogP contribution in [0.25, 0.3) is 0 Å². The Bertz CT molecular complexity index is 1630. The van der Waals surface area contributed by atoms with E-state index < -0.39 is 23.1 Å². The zero-order valence-corrected chi connectivity index (χ0v) is 22.3. The van der Waals surface area contributed by atoms with Crippen molar-refractivity contribution in [3.63, 3.8) is 0 Å². The molecule has 3 heterocycles. The highest BCUT2D eigenvalue weighted by atomic mass is 32.2. The quantitative estimate of drug-likeness (QED) is 0.256. The number of esters is 1. The fourth-order valence-electron chi connectivity index (χ4n) is 4.99. The molecule has 2 aliphatic heterocycles. The summed E-state index contributed by atoms with van der Waals surface area (Å²) in [5, 5.41) is -0.116. The molecule has 0 spiro atoms. The number of hydrogen-bond donors (Lipinski definition) is 1. The van der Waals surface area contributed by atoms with Crippen LogP contribution >= 0.6 is 23.1 Å². The highest BCUT2D eigenvalue weighted by molar-refractivity contribution is 8.00. The van der Waals surface area contributed by atoms with Crippen LogP contribution in [0.4, 0.5) is 5.69 Å². The Morgan fingerprint density at radius 2 is 1.67 bits per heavy atom. The van der Waals surface area contributed by atoms with Gasteiger partial charge in [-0.2, -0.15) is 0 Å². The molecule has 10 heteroatoms. The number of thiazole rings is 1. The summed E-state index contributed by atoms with van der Waals surface area (Å²) in [6.45, 7) is 1.97. The van der Waals surface area contributed by atoms with Crippen LogP contribution < -0.4 is 14.5 Å². The van der Waals surface area contributed by atoms with E-state index >= 15 is 0 Å². The summed E-state index contributed by atoms with van der Waals surface area (Å²) in [4.78, 5) is 56.5. The van der Waals surface area contributed by atoms with Crippen molar-refractivity contribution in [1.29, 1.82) is 0 Å². The third kappa shape index (κ3) is 4.55. The van der Waals surface area contributed by atoms with E-state index in [1.807, 2.05) is 54.6 Å². The number of anilines is 1. The average Bonchev–Trinajstić information content (AvgIpc) is 3.43. The number of para-hydroxylation sites is 1. The van der Waals surface area contributed by atoms with E-state index in [1.165, 1.54) is 16.7 Å². The van der Waals surface area contributed by atoms with Crippen LogP contribution in [0.5, 0.6) is 11.5 Å². The number of aromatic nitrogens is 1. The molecule has 1 aromatic heterocycles. The summed E-state index contributed by atoms with van der Waals surface area (Å²) in [6, 6.07) is 23.0. The second-order valence-corrected chi connectivity index (χ2v) is 11.2. The van der Waals surface area contributed by atoms with Crippen LogP contribution in [0.3, 0.4) is 0 Å². The monoisotopic (exact) mass is 558 g/mol. The van der Waals surface area contributed by atoms with E-state index in [1.54, 1.807) is 31.2 Å². The summed E-state index contributed by atoms with van der Waals surface area (Å²) >= 11 is 2.27. The van der Waals surface area contributed by atoms with Gasteiger partial charge >= 0.3 is 10.8 Å². The van der Waals surface area contributed by atoms with Gasteiger partial charge in [0.25, 0.3) is 0 Å². The van der Waals surface area contributed by atoms with E-state index in [-0.39, 0.29) is 23.3 Å². The highest BCUT2D eigenvalue weighted by Gasteiger charge is 2.56. The van der Waals surface area contributed by atoms with Crippen LogP contribution in [-0.4, -0.2) is 34.6 Å². The number of benzene rings is 3. The number of ether oxygens (including phenoxy) is 2. The third-order valence-electron chi connectivity index (χ3n) is 6.66. The molecule has 1 fully saturated rings. The van der Waals surface area contributed by atoms with Crippen molar-refractivity contribution in [2.24, 2.45) is 5.92 Å². The lowest BCUT2D eigenvalue weighted by Crippen LogP contribution is -2.32. The van der Waals surface area contributed by atoms with Gasteiger partial charge in [0, 0.05) is 10.8 Å². The van der Waals surface area contributed by atoms with Gasteiger partial charge in [0.15, 0.2) is 0 Å². The lowest BCUT2D eigenvalue weighted by atomic mass is 9.83. The molecule has 196 valence electrons. The first kappa shape index (κ1) is 25.1. The van der Waals surface area contributed by atoms with Gasteiger partial charge in [-0.15, -0.1) is 0 Å². The van der Waals surface area contributed by atoms with Gasteiger partial charge in [-0.3, -0.25) is 14.4 Å². The zero-order chi connectivity index (χ0) is 27.1. The first-order valence-corrected chi connectivity index (χ1v) is 14.0.